The first-order chi connectivity index (χ1) is 8.93. The number of ether oxygens (including phenoxy) is 2. The lowest BCUT2D eigenvalue weighted by Gasteiger charge is -2.15. The largest absolute Gasteiger partial charge is 0.489 e. The van der Waals surface area contributed by atoms with Crippen molar-refractivity contribution in [2.45, 2.75) is 39.9 Å². The Labute approximate surface area is 112 Å². The summed E-state index contributed by atoms with van der Waals surface area (Å²) in [5.74, 6) is 0.0292. The summed E-state index contributed by atoms with van der Waals surface area (Å²) in [5, 5.41) is 2.53. The van der Waals surface area contributed by atoms with Gasteiger partial charge < -0.3 is 14.8 Å². The van der Waals surface area contributed by atoms with Gasteiger partial charge in [0.25, 0.3) is 0 Å². The third-order valence-corrected chi connectivity index (χ3v) is 2.14. The molecule has 0 aromatic heterocycles. The number of benzene rings is 1. The van der Waals surface area contributed by atoms with Crippen molar-refractivity contribution in [3.05, 3.63) is 23.8 Å². The minimum absolute atomic E-state index is 0.0661. The van der Waals surface area contributed by atoms with Gasteiger partial charge in [-0.25, -0.2) is 4.79 Å². The second kappa shape index (κ2) is 6.78. The van der Waals surface area contributed by atoms with E-state index in [9.17, 15) is 9.59 Å². The molecular formula is C14H19NO4. The summed E-state index contributed by atoms with van der Waals surface area (Å²) >= 11 is 0. The van der Waals surface area contributed by atoms with Crippen molar-refractivity contribution in [3.63, 3.8) is 0 Å². The van der Waals surface area contributed by atoms with E-state index < -0.39 is 5.97 Å². The SMILES string of the molecule is CC(C)OC(=O)c1ccc(NC=O)c(OC(C)C)c1. The molecule has 0 heterocycles. The van der Waals surface area contributed by atoms with Crippen LogP contribution in [0.2, 0.25) is 0 Å². The first kappa shape index (κ1) is 15.0. The Morgan fingerprint density at radius 1 is 1.21 bits per heavy atom. The van der Waals surface area contributed by atoms with Gasteiger partial charge in [-0.15, -0.1) is 0 Å². The molecule has 5 heteroatoms. The van der Waals surface area contributed by atoms with Crippen LogP contribution in [-0.4, -0.2) is 24.6 Å². The fourth-order valence-corrected chi connectivity index (χ4v) is 1.47. The maximum atomic E-state index is 11.8. The molecule has 1 amide bonds. The zero-order valence-electron chi connectivity index (χ0n) is 11.6. The molecule has 0 atom stereocenters. The standard InChI is InChI=1S/C14H19NO4/c1-9(2)18-13-7-11(14(17)19-10(3)4)5-6-12(13)15-8-16/h5-10H,1-4H3,(H,15,16). The van der Waals surface area contributed by atoms with Crippen molar-refractivity contribution in [1.29, 1.82) is 0 Å². The van der Waals surface area contributed by atoms with Crippen LogP contribution >= 0.6 is 0 Å². The maximum Gasteiger partial charge on any atom is 0.338 e. The molecule has 0 spiro atoms. The number of carbonyl (C=O) groups is 2. The van der Waals surface area contributed by atoms with Gasteiger partial charge >= 0.3 is 5.97 Å². The zero-order valence-corrected chi connectivity index (χ0v) is 11.6. The van der Waals surface area contributed by atoms with Gasteiger partial charge in [-0.1, -0.05) is 0 Å². The Morgan fingerprint density at radius 2 is 1.89 bits per heavy atom. The fourth-order valence-electron chi connectivity index (χ4n) is 1.47. The first-order valence-corrected chi connectivity index (χ1v) is 6.16. The van der Waals surface area contributed by atoms with Crippen molar-refractivity contribution >= 4 is 18.1 Å². The number of hydrogen-bond donors (Lipinski definition) is 1. The minimum Gasteiger partial charge on any atom is -0.489 e. The van der Waals surface area contributed by atoms with Crippen LogP contribution < -0.4 is 10.1 Å². The highest BCUT2D eigenvalue weighted by Gasteiger charge is 2.13. The highest BCUT2D eigenvalue weighted by molar-refractivity contribution is 5.91. The molecule has 0 radical (unpaired) electrons. The highest BCUT2D eigenvalue weighted by atomic mass is 16.5. The summed E-state index contributed by atoms with van der Waals surface area (Å²) in [7, 11) is 0. The number of amides is 1. The van der Waals surface area contributed by atoms with E-state index in [1.807, 2.05) is 13.8 Å². The number of carbonyl (C=O) groups excluding carboxylic acids is 2. The molecule has 0 unspecified atom stereocenters. The smallest absolute Gasteiger partial charge is 0.338 e. The predicted molar refractivity (Wildman–Crippen MR) is 72.4 cm³/mol. The summed E-state index contributed by atoms with van der Waals surface area (Å²) in [5.41, 5.74) is 0.908. The van der Waals surface area contributed by atoms with Gasteiger partial charge in [0.15, 0.2) is 0 Å². The van der Waals surface area contributed by atoms with Crippen molar-refractivity contribution in [3.8, 4) is 5.75 Å². The monoisotopic (exact) mass is 265 g/mol. The summed E-state index contributed by atoms with van der Waals surface area (Å²) in [6, 6.07) is 4.77. The molecule has 1 aromatic rings. The van der Waals surface area contributed by atoms with E-state index in [0.717, 1.165) is 0 Å². The molecule has 1 N–H and O–H groups in total. The van der Waals surface area contributed by atoms with E-state index in [0.29, 0.717) is 23.4 Å². The summed E-state index contributed by atoms with van der Waals surface area (Å²) in [4.78, 5) is 22.3. The van der Waals surface area contributed by atoms with E-state index in [1.165, 1.54) is 0 Å². The van der Waals surface area contributed by atoms with Crippen LogP contribution in [0.5, 0.6) is 5.75 Å². The molecule has 0 aliphatic carbocycles. The fraction of sp³-hybridized carbons (Fsp3) is 0.429. The van der Waals surface area contributed by atoms with Gasteiger partial charge in [0.05, 0.1) is 23.5 Å². The van der Waals surface area contributed by atoms with Crippen molar-refractivity contribution in [1.82, 2.24) is 0 Å². The molecule has 0 saturated heterocycles. The Bertz CT molecular complexity index is 455. The molecule has 1 rings (SSSR count). The minimum atomic E-state index is -0.416. The van der Waals surface area contributed by atoms with Crippen molar-refractivity contribution in [2.24, 2.45) is 0 Å². The quantitative estimate of drug-likeness (QED) is 0.634. The second-order valence-electron chi connectivity index (χ2n) is 4.59. The lowest BCUT2D eigenvalue weighted by Crippen LogP contribution is -2.13. The zero-order chi connectivity index (χ0) is 14.4. The lowest BCUT2D eigenvalue weighted by molar-refractivity contribution is -0.105. The molecule has 0 bridgehead atoms. The molecule has 104 valence electrons. The number of nitrogens with one attached hydrogen (secondary N) is 1. The molecular weight excluding hydrogens is 246 g/mol. The molecule has 1 aromatic carbocycles. The van der Waals surface area contributed by atoms with Crippen LogP contribution in [0.25, 0.3) is 0 Å². The molecule has 0 aliphatic heterocycles. The van der Waals surface area contributed by atoms with Gasteiger partial charge in [-0.05, 0) is 45.9 Å². The Kier molecular flexibility index (Phi) is 5.36. The molecule has 0 fully saturated rings. The van der Waals surface area contributed by atoms with E-state index in [1.54, 1.807) is 32.0 Å². The van der Waals surface area contributed by atoms with E-state index in [-0.39, 0.29) is 12.2 Å². The molecule has 0 saturated carbocycles. The average molecular weight is 265 g/mol. The van der Waals surface area contributed by atoms with Crippen LogP contribution in [0.3, 0.4) is 0 Å². The Morgan fingerprint density at radius 3 is 2.42 bits per heavy atom. The first-order valence-electron chi connectivity index (χ1n) is 6.16. The molecule has 5 nitrogen and oxygen atoms in total. The van der Waals surface area contributed by atoms with Crippen LogP contribution in [0.15, 0.2) is 18.2 Å². The average Bonchev–Trinajstić information content (AvgIpc) is 2.30. The van der Waals surface area contributed by atoms with Gasteiger partial charge in [0.2, 0.25) is 6.41 Å². The van der Waals surface area contributed by atoms with Gasteiger partial charge in [-0.3, -0.25) is 4.79 Å². The van der Waals surface area contributed by atoms with E-state index in [2.05, 4.69) is 5.32 Å². The maximum absolute atomic E-state index is 11.8. The Hall–Kier alpha value is -2.04. The van der Waals surface area contributed by atoms with Gasteiger partial charge in [0, 0.05) is 0 Å². The topological polar surface area (TPSA) is 64.6 Å². The second-order valence-corrected chi connectivity index (χ2v) is 4.59. The van der Waals surface area contributed by atoms with Gasteiger partial charge in [0.1, 0.15) is 5.75 Å². The number of esters is 1. The van der Waals surface area contributed by atoms with Crippen LogP contribution in [0.1, 0.15) is 38.1 Å². The predicted octanol–water partition coefficient (Wildman–Crippen LogP) is 2.61. The van der Waals surface area contributed by atoms with Gasteiger partial charge in [-0.2, -0.15) is 0 Å². The van der Waals surface area contributed by atoms with Crippen LogP contribution in [-0.2, 0) is 9.53 Å². The third kappa shape index (κ3) is 4.62. The summed E-state index contributed by atoms with van der Waals surface area (Å²) in [6.45, 7) is 7.30. The highest BCUT2D eigenvalue weighted by Crippen LogP contribution is 2.27. The van der Waals surface area contributed by atoms with Crippen LogP contribution in [0, 0.1) is 0 Å². The summed E-state index contributed by atoms with van der Waals surface area (Å²) < 4.78 is 10.7. The number of hydrogen-bond acceptors (Lipinski definition) is 4. The van der Waals surface area contributed by atoms with Crippen molar-refractivity contribution < 1.29 is 19.1 Å². The van der Waals surface area contributed by atoms with E-state index in [4.69, 9.17) is 9.47 Å². The Balaban J connectivity index is 3.02. The number of anilines is 1. The normalized spacial score (nSPS) is 10.4. The summed E-state index contributed by atoms with van der Waals surface area (Å²) in [6.07, 6.45) is 0.313. The van der Waals surface area contributed by atoms with Crippen LogP contribution in [0.4, 0.5) is 5.69 Å². The van der Waals surface area contributed by atoms with Crippen molar-refractivity contribution in [2.75, 3.05) is 5.32 Å². The third-order valence-electron chi connectivity index (χ3n) is 2.14. The van der Waals surface area contributed by atoms with E-state index >= 15 is 0 Å². The number of rotatable bonds is 6. The lowest BCUT2D eigenvalue weighted by atomic mass is 10.2. The molecule has 19 heavy (non-hydrogen) atoms. The molecule has 0 aliphatic rings.